The Kier molecular flexibility index (Phi) is 5.48. The minimum atomic E-state index is -0.293. The highest BCUT2D eigenvalue weighted by atomic mass is 16.2. The molecule has 25 heavy (non-hydrogen) atoms. The summed E-state index contributed by atoms with van der Waals surface area (Å²) in [6.07, 6.45) is 4.06. The second kappa shape index (κ2) is 7.96. The molecule has 0 aliphatic carbocycles. The number of benzene rings is 1. The van der Waals surface area contributed by atoms with Gasteiger partial charge in [-0.1, -0.05) is 30.3 Å². The number of carbonyl (C=O) groups is 2. The molecule has 132 valence electrons. The molecule has 2 atom stereocenters. The molecule has 0 radical (unpaired) electrons. The van der Waals surface area contributed by atoms with Crippen LogP contribution >= 0.6 is 0 Å². The number of nitrogens with one attached hydrogen (secondary N) is 2. The fraction of sp³-hybridized carbons (Fsp3) is 0.421. The standard InChI is InChI=1S/C19H24N4O2/c1-14(24)21-18(15-6-3-2-4-7-15)12-19(25)23-11-5-8-16(13-23)17-9-10-20-22-17/h2-4,6-7,9-10,16,18H,5,8,11-13H2,1H3,(H,20,22)(H,21,24)/t16-,18-/m1/s1. The fourth-order valence-corrected chi connectivity index (χ4v) is 3.44. The lowest BCUT2D eigenvalue weighted by atomic mass is 9.94. The van der Waals surface area contributed by atoms with Crippen molar-refractivity contribution in [2.75, 3.05) is 13.1 Å². The minimum absolute atomic E-state index is 0.0758. The first-order chi connectivity index (χ1) is 12.1. The molecule has 2 N–H and O–H groups in total. The number of amides is 2. The molecule has 2 aromatic rings. The first kappa shape index (κ1) is 17.2. The molecule has 3 rings (SSSR count). The van der Waals surface area contributed by atoms with Gasteiger partial charge in [0, 0.05) is 37.8 Å². The number of nitrogens with zero attached hydrogens (tertiary/aromatic N) is 2. The maximum Gasteiger partial charge on any atom is 0.225 e. The summed E-state index contributed by atoms with van der Waals surface area (Å²) in [5, 5.41) is 9.93. The predicted octanol–water partition coefficient (Wildman–Crippen LogP) is 2.38. The third kappa shape index (κ3) is 4.47. The van der Waals surface area contributed by atoms with Crippen molar-refractivity contribution >= 4 is 11.8 Å². The average Bonchev–Trinajstić information content (AvgIpc) is 3.16. The van der Waals surface area contributed by atoms with Crippen LogP contribution in [0.2, 0.25) is 0 Å². The van der Waals surface area contributed by atoms with Crippen molar-refractivity contribution in [3.63, 3.8) is 0 Å². The monoisotopic (exact) mass is 340 g/mol. The smallest absolute Gasteiger partial charge is 0.225 e. The van der Waals surface area contributed by atoms with E-state index in [0.29, 0.717) is 12.5 Å². The number of H-pyrrole nitrogens is 1. The van der Waals surface area contributed by atoms with Crippen LogP contribution in [0.25, 0.3) is 0 Å². The Morgan fingerprint density at radius 3 is 2.80 bits per heavy atom. The van der Waals surface area contributed by atoms with Crippen LogP contribution in [0.3, 0.4) is 0 Å². The lowest BCUT2D eigenvalue weighted by Gasteiger charge is -2.33. The van der Waals surface area contributed by atoms with E-state index >= 15 is 0 Å². The van der Waals surface area contributed by atoms with Gasteiger partial charge < -0.3 is 10.2 Å². The first-order valence-corrected chi connectivity index (χ1v) is 8.72. The maximum atomic E-state index is 12.8. The van der Waals surface area contributed by atoms with Gasteiger partial charge in [-0.05, 0) is 24.5 Å². The van der Waals surface area contributed by atoms with E-state index in [2.05, 4.69) is 15.5 Å². The lowest BCUT2D eigenvalue weighted by molar-refractivity contribution is -0.133. The molecule has 2 amide bonds. The summed E-state index contributed by atoms with van der Waals surface area (Å²) in [6, 6.07) is 11.3. The average molecular weight is 340 g/mol. The van der Waals surface area contributed by atoms with E-state index in [1.54, 1.807) is 6.20 Å². The summed E-state index contributed by atoms with van der Waals surface area (Å²) in [7, 11) is 0. The SMILES string of the molecule is CC(=O)N[C@H](CC(=O)N1CCC[C@@H](c2ccn[nH]2)C1)c1ccccc1. The van der Waals surface area contributed by atoms with Gasteiger partial charge in [0.25, 0.3) is 0 Å². The van der Waals surface area contributed by atoms with E-state index in [1.807, 2.05) is 41.3 Å². The van der Waals surface area contributed by atoms with Crippen molar-refractivity contribution in [2.24, 2.45) is 0 Å². The van der Waals surface area contributed by atoms with Crippen LogP contribution in [0.15, 0.2) is 42.6 Å². The van der Waals surface area contributed by atoms with Gasteiger partial charge in [0.15, 0.2) is 0 Å². The Balaban J connectivity index is 1.67. The summed E-state index contributed by atoms with van der Waals surface area (Å²) >= 11 is 0. The van der Waals surface area contributed by atoms with Crippen LogP contribution in [0.5, 0.6) is 0 Å². The highest BCUT2D eigenvalue weighted by Gasteiger charge is 2.27. The van der Waals surface area contributed by atoms with Gasteiger partial charge in [-0.15, -0.1) is 0 Å². The Bertz CT molecular complexity index is 699. The van der Waals surface area contributed by atoms with Crippen molar-refractivity contribution in [3.8, 4) is 0 Å². The minimum Gasteiger partial charge on any atom is -0.349 e. The van der Waals surface area contributed by atoms with Crippen LogP contribution in [-0.2, 0) is 9.59 Å². The molecule has 1 aliphatic rings. The molecular formula is C19H24N4O2. The van der Waals surface area contributed by atoms with Crippen LogP contribution in [0.1, 0.15) is 49.4 Å². The summed E-state index contributed by atoms with van der Waals surface area (Å²) < 4.78 is 0. The van der Waals surface area contributed by atoms with Crippen LogP contribution in [0, 0.1) is 0 Å². The molecule has 1 aliphatic heterocycles. The molecule has 1 fully saturated rings. The molecule has 0 spiro atoms. The Morgan fingerprint density at radius 2 is 2.12 bits per heavy atom. The Hall–Kier alpha value is -2.63. The zero-order chi connectivity index (χ0) is 17.6. The number of rotatable bonds is 5. The largest absolute Gasteiger partial charge is 0.349 e. The summed E-state index contributed by atoms with van der Waals surface area (Å²) in [5.74, 6) is 0.249. The van der Waals surface area contributed by atoms with Gasteiger partial charge in [0.05, 0.1) is 12.5 Å². The third-order valence-corrected chi connectivity index (χ3v) is 4.69. The van der Waals surface area contributed by atoms with Gasteiger partial charge in [-0.25, -0.2) is 0 Å². The van der Waals surface area contributed by atoms with Gasteiger partial charge in [0.2, 0.25) is 11.8 Å². The zero-order valence-corrected chi connectivity index (χ0v) is 14.4. The topological polar surface area (TPSA) is 78.1 Å². The summed E-state index contributed by atoms with van der Waals surface area (Å²) in [4.78, 5) is 26.3. The molecule has 0 bridgehead atoms. The summed E-state index contributed by atoms with van der Waals surface area (Å²) in [5.41, 5.74) is 2.03. The fourth-order valence-electron chi connectivity index (χ4n) is 3.44. The second-order valence-corrected chi connectivity index (χ2v) is 6.56. The van der Waals surface area contributed by atoms with Crippen LogP contribution < -0.4 is 5.32 Å². The van der Waals surface area contributed by atoms with Gasteiger partial charge >= 0.3 is 0 Å². The van der Waals surface area contributed by atoms with E-state index in [-0.39, 0.29) is 24.3 Å². The first-order valence-electron chi connectivity index (χ1n) is 8.72. The van der Waals surface area contributed by atoms with E-state index in [1.165, 1.54) is 6.92 Å². The molecule has 0 unspecified atom stereocenters. The van der Waals surface area contributed by atoms with Crippen molar-refractivity contribution in [2.45, 2.75) is 38.1 Å². The zero-order valence-electron chi connectivity index (χ0n) is 14.4. The van der Waals surface area contributed by atoms with E-state index in [9.17, 15) is 9.59 Å². The lowest BCUT2D eigenvalue weighted by Crippen LogP contribution is -2.41. The number of aromatic amines is 1. The van der Waals surface area contributed by atoms with E-state index in [0.717, 1.165) is 30.6 Å². The normalized spacial score (nSPS) is 18.6. The van der Waals surface area contributed by atoms with Crippen molar-refractivity contribution in [1.82, 2.24) is 20.4 Å². The van der Waals surface area contributed by atoms with Gasteiger partial charge in [0.1, 0.15) is 0 Å². The van der Waals surface area contributed by atoms with Crippen LogP contribution in [-0.4, -0.2) is 40.0 Å². The van der Waals surface area contributed by atoms with Crippen LogP contribution in [0.4, 0.5) is 0 Å². The molecule has 1 saturated heterocycles. The number of aromatic nitrogens is 2. The molecular weight excluding hydrogens is 316 g/mol. The van der Waals surface area contributed by atoms with Gasteiger partial charge in [-0.2, -0.15) is 5.10 Å². The number of hydrogen-bond acceptors (Lipinski definition) is 3. The Labute approximate surface area is 147 Å². The predicted molar refractivity (Wildman–Crippen MR) is 94.8 cm³/mol. The number of piperidine rings is 1. The second-order valence-electron chi connectivity index (χ2n) is 6.56. The molecule has 1 aromatic carbocycles. The highest BCUT2D eigenvalue weighted by Crippen LogP contribution is 2.27. The Morgan fingerprint density at radius 1 is 1.32 bits per heavy atom. The van der Waals surface area contributed by atoms with Crippen molar-refractivity contribution in [1.29, 1.82) is 0 Å². The molecule has 6 nitrogen and oxygen atoms in total. The molecule has 0 saturated carbocycles. The maximum absolute atomic E-state index is 12.8. The van der Waals surface area contributed by atoms with Gasteiger partial charge in [-0.3, -0.25) is 14.7 Å². The van der Waals surface area contributed by atoms with Crippen molar-refractivity contribution < 1.29 is 9.59 Å². The highest BCUT2D eigenvalue weighted by molar-refractivity contribution is 5.79. The molecule has 1 aromatic heterocycles. The number of carbonyl (C=O) groups excluding carboxylic acids is 2. The third-order valence-electron chi connectivity index (χ3n) is 4.69. The van der Waals surface area contributed by atoms with E-state index in [4.69, 9.17) is 0 Å². The number of likely N-dealkylation sites (tertiary alicyclic amines) is 1. The quantitative estimate of drug-likeness (QED) is 0.877. The molecule has 6 heteroatoms. The van der Waals surface area contributed by atoms with Crippen molar-refractivity contribution in [3.05, 3.63) is 53.9 Å². The number of hydrogen-bond donors (Lipinski definition) is 2. The van der Waals surface area contributed by atoms with E-state index < -0.39 is 0 Å². The summed E-state index contributed by atoms with van der Waals surface area (Å²) in [6.45, 7) is 2.95. The molecule has 2 heterocycles.